The normalized spacial score (nSPS) is 43.9. The Morgan fingerprint density at radius 2 is 1.57 bits per heavy atom. The quantitative estimate of drug-likeness (QED) is 0.510. The van der Waals surface area contributed by atoms with Crippen LogP contribution in [0.2, 0.25) is 0 Å². The van der Waals surface area contributed by atoms with Crippen LogP contribution in [0.15, 0.2) is 0 Å². The topological polar surface area (TPSA) is 41.3 Å². The number of rotatable bonds is 2. The summed E-state index contributed by atoms with van der Waals surface area (Å²) in [6.45, 7) is 0. The highest BCUT2D eigenvalue weighted by Crippen LogP contribution is 2.41. The van der Waals surface area contributed by atoms with E-state index in [2.05, 4.69) is 10.3 Å². The lowest BCUT2D eigenvalue weighted by molar-refractivity contribution is 0.0175. The number of nitrogens with one attached hydrogen (secondary N) is 1. The number of hydrogen-bond acceptors (Lipinski definition) is 3. The van der Waals surface area contributed by atoms with Crippen LogP contribution >= 0.6 is 0 Å². The summed E-state index contributed by atoms with van der Waals surface area (Å²) in [5, 5.41) is 0. The standard InChI is InChI=1S/C11H21N3/c12-13-8-6-10-2-1-3-11(7-8)14(10)9-4-5-9/h8-11,13H,1-7,12H2/t10-,11-/m0/s1. The highest BCUT2D eigenvalue weighted by Gasteiger charge is 2.44. The number of hydrogen-bond donors (Lipinski definition) is 2. The second-order valence-electron chi connectivity index (χ2n) is 5.25. The minimum atomic E-state index is 0.584. The van der Waals surface area contributed by atoms with Crippen LogP contribution in [0.1, 0.15) is 44.9 Å². The maximum Gasteiger partial charge on any atom is 0.0240 e. The number of nitrogens with zero attached hydrogens (tertiary/aromatic N) is 1. The van der Waals surface area contributed by atoms with Crippen molar-refractivity contribution < 1.29 is 0 Å². The van der Waals surface area contributed by atoms with Crippen LogP contribution in [0.4, 0.5) is 0 Å². The van der Waals surface area contributed by atoms with E-state index in [4.69, 9.17) is 5.84 Å². The van der Waals surface area contributed by atoms with Crippen molar-refractivity contribution in [3.05, 3.63) is 0 Å². The minimum absolute atomic E-state index is 0.584. The van der Waals surface area contributed by atoms with Crippen molar-refractivity contribution in [3.8, 4) is 0 Å². The number of hydrazine groups is 1. The molecule has 0 unspecified atom stereocenters. The molecule has 2 saturated heterocycles. The van der Waals surface area contributed by atoms with Crippen LogP contribution in [-0.2, 0) is 0 Å². The summed E-state index contributed by atoms with van der Waals surface area (Å²) in [7, 11) is 0. The first-order chi connectivity index (χ1) is 6.88. The molecule has 0 radical (unpaired) electrons. The molecular formula is C11H21N3. The average molecular weight is 195 g/mol. The summed E-state index contributed by atoms with van der Waals surface area (Å²) in [6.07, 6.45) is 9.72. The summed E-state index contributed by atoms with van der Waals surface area (Å²) in [4.78, 5) is 2.83. The summed E-state index contributed by atoms with van der Waals surface area (Å²) in [6, 6.07) is 3.22. The van der Waals surface area contributed by atoms with E-state index < -0.39 is 0 Å². The maximum absolute atomic E-state index is 5.58. The molecule has 14 heavy (non-hydrogen) atoms. The number of fused-ring (bicyclic) bond motifs is 2. The monoisotopic (exact) mass is 195 g/mol. The lowest BCUT2D eigenvalue weighted by Crippen LogP contribution is -2.57. The third-order valence-corrected chi connectivity index (χ3v) is 4.24. The average Bonchev–Trinajstić information content (AvgIpc) is 2.99. The van der Waals surface area contributed by atoms with E-state index in [1.807, 2.05) is 0 Å². The second kappa shape index (κ2) is 3.47. The van der Waals surface area contributed by atoms with Gasteiger partial charge in [0.2, 0.25) is 0 Å². The summed E-state index contributed by atoms with van der Waals surface area (Å²) in [5.41, 5.74) is 2.99. The van der Waals surface area contributed by atoms with Gasteiger partial charge in [0.25, 0.3) is 0 Å². The van der Waals surface area contributed by atoms with Gasteiger partial charge in [-0.15, -0.1) is 0 Å². The van der Waals surface area contributed by atoms with Gasteiger partial charge in [-0.2, -0.15) is 0 Å². The van der Waals surface area contributed by atoms with E-state index >= 15 is 0 Å². The van der Waals surface area contributed by atoms with Crippen LogP contribution < -0.4 is 11.3 Å². The Morgan fingerprint density at radius 3 is 2.07 bits per heavy atom. The fraction of sp³-hybridized carbons (Fsp3) is 1.00. The molecule has 2 atom stereocenters. The third kappa shape index (κ3) is 1.47. The molecule has 2 bridgehead atoms. The number of piperidine rings is 2. The third-order valence-electron chi connectivity index (χ3n) is 4.24. The van der Waals surface area contributed by atoms with Crippen molar-refractivity contribution in [2.75, 3.05) is 0 Å². The summed E-state index contributed by atoms with van der Waals surface area (Å²) < 4.78 is 0. The Kier molecular flexibility index (Phi) is 2.26. The van der Waals surface area contributed by atoms with Gasteiger partial charge in [0.15, 0.2) is 0 Å². The van der Waals surface area contributed by atoms with Gasteiger partial charge in [0.1, 0.15) is 0 Å². The Morgan fingerprint density at radius 1 is 0.929 bits per heavy atom. The molecule has 0 aromatic carbocycles. The van der Waals surface area contributed by atoms with Crippen LogP contribution in [0.3, 0.4) is 0 Å². The molecule has 0 aromatic rings. The van der Waals surface area contributed by atoms with Gasteiger partial charge in [-0.3, -0.25) is 16.2 Å². The largest absolute Gasteiger partial charge is 0.294 e. The zero-order valence-corrected chi connectivity index (χ0v) is 8.78. The lowest BCUT2D eigenvalue weighted by atomic mass is 9.82. The van der Waals surface area contributed by atoms with Crippen molar-refractivity contribution in [2.45, 2.75) is 69.1 Å². The van der Waals surface area contributed by atoms with Gasteiger partial charge in [0, 0.05) is 24.2 Å². The smallest absolute Gasteiger partial charge is 0.0240 e. The van der Waals surface area contributed by atoms with Crippen molar-refractivity contribution in [1.29, 1.82) is 0 Å². The fourth-order valence-corrected chi connectivity index (χ4v) is 3.52. The fourth-order valence-electron chi connectivity index (χ4n) is 3.52. The molecule has 3 N–H and O–H groups in total. The summed E-state index contributed by atoms with van der Waals surface area (Å²) >= 11 is 0. The molecule has 3 nitrogen and oxygen atoms in total. The Hall–Kier alpha value is -0.120. The van der Waals surface area contributed by atoms with E-state index in [1.165, 1.54) is 44.9 Å². The van der Waals surface area contributed by atoms with Crippen LogP contribution in [-0.4, -0.2) is 29.1 Å². The van der Waals surface area contributed by atoms with Gasteiger partial charge in [0.05, 0.1) is 0 Å². The van der Waals surface area contributed by atoms with Gasteiger partial charge in [-0.25, -0.2) is 0 Å². The van der Waals surface area contributed by atoms with Gasteiger partial charge in [-0.1, -0.05) is 6.42 Å². The Bertz CT molecular complexity index is 201. The van der Waals surface area contributed by atoms with Crippen LogP contribution in [0, 0.1) is 0 Å². The SMILES string of the molecule is NNC1C[C@@H]2CCC[C@@H](C1)N2C1CC1. The predicted molar refractivity (Wildman–Crippen MR) is 56.6 cm³/mol. The van der Waals surface area contributed by atoms with Gasteiger partial charge >= 0.3 is 0 Å². The van der Waals surface area contributed by atoms with E-state index in [0.717, 1.165) is 18.1 Å². The first-order valence-corrected chi connectivity index (χ1v) is 6.12. The zero-order chi connectivity index (χ0) is 9.54. The first-order valence-electron chi connectivity index (χ1n) is 6.12. The van der Waals surface area contributed by atoms with Crippen molar-refractivity contribution >= 4 is 0 Å². The van der Waals surface area contributed by atoms with Crippen molar-refractivity contribution in [2.24, 2.45) is 5.84 Å². The van der Waals surface area contributed by atoms with E-state index in [0.29, 0.717) is 6.04 Å². The molecule has 3 aliphatic rings. The highest BCUT2D eigenvalue weighted by atomic mass is 15.3. The molecule has 2 aliphatic heterocycles. The summed E-state index contributed by atoms with van der Waals surface area (Å²) in [5.74, 6) is 5.58. The van der Waals surface area contributed by atoms with Crippen molar-refractivity contribution in [3.63, 3.8) is 0 Å². The molecule has 3 rings (SSSR count). The van der Waals surface area contributed by atoms with Gasteiger partial charge < -0.3 is 0 Å². The highest BCUT2D eigenvalue weighted by molar-refractivity contribution is 5.00. The molecule has 1 saturated carbocycles. The minimum Gasteiger partial charge on any atom is -0.294 e. The lowest BCUT2D eigenvalue weighted by Gasteiger charge is -2.49. The first kappa shape index (κ1) is 9.13. The molecule has 0 aromatic heterocycles. The van der Waals surface area contributed by atoms with Gasteiger partial charge in [-0.05, 0) is 38.5 Å². The zero-order valence-electron chi connectivity index (χ0n) is 8.78. The molecule has 1 aliphatic carbocycles. The maximum atomic E-state index is 5.58. The second-order valence-corrected chi connectivity index (χ2v) is 5.25. The molecule has 80 valence electrons. The van der Waals surface area contributed by atoms with Crippen molar-refractivity contribution in [1.82, 2.24) is 10.3 Å². The molecular weight excluding hydrogens is 174 g/mol. The van der Waals surface area contributed by atoms with E-state index in [-0.39, 0.29) is 0 Å². The molecule has 0 amide bonds. The van der Waals surface area contributed by atoms with E-state index in [9.17, 15) is 0 Å². The predicted octanol–water partition coefficient (Wildman–Crippen LogP) is 0.998. The van der Waals surface area contributed by atoms with E-state index in [1.54, 1.807) is 0 Å². The molecule has 3 heteroatoms. The molecule has 2 heterocycles. The number of nitrogens with two attached hydrogens (primary N) is 1. The molecule has 0 spiro atoms. The Balaban J connectivity index is 1.74. The molecule has 3 fully saturated rings. The van der Waals surface area contributed by atoms with Crippen LogP contribution in [0.25, 0.3) is 0 Å². The van der Waals surface area contributed by atoms with Crippen LogP contribution in [0.5, 0.6) is 0 Å². The Labute approximate surface area is 86.0 Å².